The number of aromatic nitrogens is 3. The first-order valence-electron chi connectivity index (χ1n) is 7.86. The number of nitrogens with one attached hydrogen (secondary N) is 1. The molecule has 0 atom stereocenters. The van der Waals surface area contributed by atoms with E-state index in [4.69, 9.17) is 0 Å². The summed E-state index contributed by atoms with van der Waals surface area (Å²) >= 11 is 0. The van der Waals surface area contributed by atoms with Gasteiger partial charge in [-0.3, -0.25) is 14.6 Å². The maximum absolute atomic E-state index is 12.7. The van der Waals surface area contributed by atoms with Gasteiger partial charge in [0.25, 0.3) is 11.5 Å². The number of carbonyl (C=O) groups is 1. The van der Waals surface area contributed by atoms with Gasteiger partial charge in [-0.2, -0.15) is 5.10 Å². The van der Waals surface area contributed by atoms with Crippen LogP contribution in [0.2, 0.25) is 0 Å². The van der Waals surface area contributed by atoms with Crippen molar-refractivity contribution < 1.29 is 4.79 Å². The third-order valence-corrected chi connectivity index (χ3v) is 3.87. The topological polar surface area (TPSA) is 76.9 Å². The van der Waals surface area contributed by atoms with Crippen LogP contribution in [0, 0.1) is 0 Å². The molecule has 1 aromatic carbocycles. The van der Waals surface area contributed by atoms with E-state index >= 15 is 0 Å². The average molecular weight is 334 g/mol. The second-order valence-electron chi connectivity index (χ2n) is 6.09. The quantitative estimate of drug-likeness (QED) is 0.796. The Bertz CT molecular complexity index is 934. The molecule has 3 aromatic rings. The van der Waals surface area contributed by atoms with Crippen molar-refractivity contribution in [1.29, 1.82) is 0 Å². The summed E-state index contributed by atoms with van der Waals surface area (Å²) in [6, 6.07) is 16.0. The molecular formula is C19H18N4O2. The number of anilines is 1. The summed E-state index contributed by atoms with van der Waals surface area (Å²) in [7, 11) is 0. The fourth-order valence-corrected chi connectivity index (χ4v) is 2.39. The fourth-order valence-electron chi connectivity index (χ4n) is 2.39. The number of hydrogen-bond donors (Lipinski definition) is 1. The molecule has 2 heterocycles. The van der Waals surface area contributed by atoms with Crippen molar-refractivity contribution in [1.82, 2.24) is 14.8 Å². The largest absolute Gasteiger partial charge is 0.323 e. The fraction of sp³-hybridized carbons (Fsp3) is 0.158. The molecule has 126 valence electrons. The minimum absolute atomic E-state index is 0.342. The zero-order valence-corrected chi connectivity index (χ0v) is 14.0. The van der Waals surface area contributed by atoms with E-state index in [9.17, 15) is 9.59 Å². The van der Waals surface area contributed by atoms with Crippen molar-refractivity contribution in [3.8, 4) is 11.3 Å². The average Bonchev–Trinajstić information content (AvgIpc) is 2.63. The van der Waals surface area contributed by atoms with Crippen LogP contribution in [0.4, 0.5) is 5.69 Å². The minimum atomic E-state index is -1.17. The summed E-state index contributed by atoms with van der Waals surface area (Å²) in [5.41, 5.74) is 0.554. The van der Waals surface area contributed by atoms with Crippen molar-refractivity contribution >= 4 is 11.6 Å². The lowest BCUT2D eigenvalue weighted by Gasteiger charge is -2.25. The monoisotopic (exact) mass is 334 g/mol. The van der Waals surface area contributed by atoms with Crippen LogP contribution in [0.1, 0.15) is 13.8 Å². The predicted octanol–water partition coefficient (Wildman–Crippen LogP) is 2.68. The zero-order valence-electron chi connectivity index (χ0n) is 14.0. The van der Waals surface area contributed by atoms with Gasteiger partial charge >= 0.3 is 0 Å². The van der Waals surface area contributed by atoms with Crippen LogP contribution >= 0.6 is 0 Å². The highest BCUT2D eigenvalue weighted by Gasteiger charge is 2.32. The van der Waals surface area contributed by atoms with Gasteiger partial charge in [0.1, 0.15) is 5.54 Å². The third kappa shape index (κ3) is 3.47. The highest BCUT2D eigenvalue weighted by molar-refractivity contribution is 5.95. The van der Waals surface area contributed by atoms with Crippen molar-refractivity contribution in [2.45, 2.75) is 19.4 Å². The standard InChI is InChI=1S/C19H18N4O2/c1-19(2,18(25)21-15-9-6-12-20-13-15)23-17(24)11-10-16(22-23)14-7-4-3-5-8-14/h3-13H,1-2H3,(H,21,25). The molecule has 0 aliphatic carbocycles. The maximum atomic E-state index is 12.7. The highest BCUT2D eigenvalue weighted by atomic mass is 16.2. The van der Waals surface area contributed by atoms with Crippen LogP contribution in [0.5, 0.6) is 0 Å². The Labute approximate surface area is 145 Å². The number of rotatable bonds is 4. The van der Waals surface area contributed by atoms with Crippen LogP contribution in [0.3, 0.4) is 0 Å². The van der Waals surface area contributed by atoms with E-state index in [0.29, 0.717) is 11.4 Å². The van der Waals surface area contributed by atoms with Gasteiger partial charge in [-0.25, -0.2) is 4.68 Å². The van der Waals surface area contributed by atoms with E-state index in [1.165, 1.54) is 10.7 Å². The van der Waals surface area contributed by atoms with Crippen molar-refractivity contribution in [3.63, 3.8) is 0 Å². The molecule has 6 nitrogen and oxygen atoms in total. The summed E-state index contributed by atoms with van der Waals surface area (Å²) in [6.07, 6.45) is 3.17. The molecule has 0 saturated carbocycles. The van der Waals surface area contributed by atoms with E-state index in [0.717, 1.165) is 5.56 Å². The molecule has 0 saturated heterocycles. The number of hydrogen-bond acceptors (Lipinski definition) is 4. The van der Waals surface area contributed by atoms with Gasteiger partial charge in [0, 0.05) is 17.8 Å². The number of carbonyl (C=O) groups excluding carboxylic acids is 1. The number of benzene rings is 1. The van der Waals surface area contributed by atoms with Gasteiger partial charge in [-0.05, 0) is 32.0 Å². The first kappa shape index (κ1) is 16.6. The normalized spacial score (nSPS) is 11.1. The third-order valence-electron chi connectivity index (χ3n) is 3.87. The summed E-state index contributed by atoms with van der Waals surface area (Å²) in [6.45, 7) is 3.31. The van der Waals surface area contributed by atoms with Crippen LogP contribution in [0.25, 0.3) is 11.3 Å². The van der Waals surface area contributed by atoms with E-state index in [1.807, 2.05) is 30.3 Å². The Morgan fingerprint density at radius 1 is 1.04 bits per heavy atom. The van der Waals surface area contributed by atoms with Crippen molar-refractivity contribution in [2.75, 3.05) is 5.32 Å². The van der Waals surface area contributed by atoms with E-state index in [1.54, 1.807) is 44.4 Å². The molecule has 0 spiro atoms. The van der Waals surface area contributed by atoms with Gasteiger partial charge < -0.3 is 5.32 Å². The molecule has 1 N–H and O–H groups in total. The second kappa shape index (κ2) is 6.68. The molecule has 0 unspecified atom stereocenters. The molecule has 0 fully saturated rings. The first-order chi connectivity index (χ1) is 12.0. The Balaban J connectivity index is 1.96. The molecule has 0 bridgehead atoms. The van der Waals surface area contributed by atoms with Crippen molar-refractivity contribution in [3.05, 3.63) is 77.3 Å². The lowest BCUT2D eigenvalue weighted by molar-refractivity contribution is -0.123. The highest BCUT2D eigenvalue weighted by Crippen LogP contribution is 2.19. The Morgan fingerprint density at radius 3 is 2.48 bits per heavy atom. The predicted molar refractivity (Wildman–Crippen MR) is 96.1 cm³/mol. The minimum Gasteiger partial charge on any atom is -0.323 e. The van der Waals surface area contributed by atoms with Gasteiger partial charge in [-0.1, -0.05) is 30.3 Å². The summed E-state index contributed by atoms with van der Waals surface area (Å²) < 4.78 is 1.21. The van der Waals surface area contributed by atoms with Gasteiger partial charge in [0.15, 0.2) is 0 Å². The number of pyridine rings is 1. The maximum Gasteiger partial charge on any atom is 0.267 e. The van der Waals surface area contributed by atoms with Gasteiger partial charge in [-0.15, -0.1) is 0 Å². The Morgan fingerprint density at radius 2 is 1.80 bits per heavy atom. The van der Waals surface area contributed by atoms with E-state index in [2.05, 4.69) is 15.4 Å². The number of amides is 1. The van der Waals surface area contributed by atoms with Gasteiger partial charge in [0.2, 0.25) is 0 Å². The first-order valence-corrected chi connectivity index (χ1v) is 7.86. The Hall–Kier alpha value is -3.28. The van der Waals surface area contributed by atoms with Crippen LogP contribution in [0.15, 0.2) is 71.8 Å². The van der Waals surface area contributed by atoms with Gasteiger partial charge in [0.05, 0.1) is 17.6 Å². The molecule has 0 radical (unpaired) electrons. The van der Waals surface area contributed by atoms with Crippen LogP contribution in [-0.4, -0.2) is 20.7 Å². The zero-order chi connectivity index (χ0) is 17.9. The summed E-state index contributed by atoms with van der Waals surface area (Å²) in [5.74, 6) is -0.347. The molecule has 6 heteroatoms. The molecule has 0 aliphatic rings. The molecule has 1 amide bonds. The van der Waals surface area contributed by atoms with E-state index < -0.39 is 5.54 Å². The van der Waals surface area contributed by atoms with Crippen molar-refractivity contribution in [2.24, 2.45) is 0 Å². The molecular weight excluding hydrogens is 316 g/mol. The molecule has 3 rings (SSSR count). The molecule has 0 aliphatic heterocycles. The van der Waals surface area contributed by atoms with Crippen LogP contribution in [-0.2, 0) is 10.3 Å². The molecule has 2 aromatic heterocycles. The number of nitrogens with zero attached hydrogens (tertiary/aromatic N) is 3. The second-order valence-corrected chi connectivity index (χ2v) is 6.09. The Kier molecular flexibility index (Phi) is 4.43. The van der Waals surface area contributed by atoms with E-state index in [-0.39, 0.29) is 11.5 Å². The van der Waals surface area contributed by atoms with Crippen LogP contribution < -0.4 is 10.9 Å². The summed E-state index contributed by atoms with van der Waals surface area (Å²) in [5, 5.41) is 7.17. The lowest BCUT2D eigenvalue weighted by atomic mass is 10.0. The molecule has 25 heavy (non-hydrogen) atoms. The SMILES string of the molecule is CC(C)(C(=O)Nc1cccnc1)n1nc(-c2ccccc2)ccc1=O. The summed E-state index contributed by atoms with van der Waals surface area (Å²) in [4.78, 5) is 29.0. The smallest absolute Gasteiger partial charge is 0.267 e. The lowest BCUT2D eigenvalue weighted by Crippen LogP contribution is -2.47.